The molecule has 226 valence electrons. The Labute approximate surface area is 261 Å². The highest BCUT2D eigenvalue weighted by Crippen LogP contribution is 2.43. The number of piperidine rings is 1. The number of methoxy groups -OCH3 is 2. The summed E-state index contributed by atoms with van der Waals surface area (Å²) >= 11 is 12.3. The molecular weight excluding hydrogens is 591 g/mol. The van der Waals surface area contributed by atoms with Crippen molar-refractivity contribution in [1.29, 1.82) is 0 Å². The number of amides is 2. The molecule has 0 spiro atoms. The number of benzene rings is 3. The lowest BCUT2D eigenvalue weighted by atomic mass is 9.83. The summed E-state index contributed by atoms with van der Waals surface area (Å²) in [4.78, 5) is 43.8. The van der Waals surface area contributed by atoms with E-state index in [9.17, 15) is 14.4 Å². The molecule has 0 saturated carbocycles. The maximum Gasteiger partial charge on any atom is 0.311 e. The molecule has 2 aliphatic rings. The molecule has 2 fully saturated rings. The number of esters is 1. The third-order valence-electron chi connectivity index (χ3n) is 8.20. The number of likely N-dealkylation sites (tertiary alicyclic amines) is 1. The van der Waals surface area contributed by atoms with E-state index in [1.165, 1.54) is 7.11 Å². The highest BCUT2D eigenvalue weighted by molar-refractivity contribution is 6.42. The van der Waals surface area contributed by atoms with Gasteiger partial charge in [-0.2, -0.15) is 0 Å². The van der Waals surface area contributed by atoms with E-state index >= 15 is 0 Å². The van der Waals surface area contributed by atoms with E-state index < -0.39 is 24.5 Å². The lowest BCUT2D eigenvalue weighted by molar-refractivity contribution is -0.157. The molecule has 0 N–H and O–H groups in total. The highest BCUT2D eigenvalue weighted by atomic mass is 35.5. The van der Waals surface area contributed by atoms with E-state index in [2.05, 4.69) is 0 Å². The van der Waals surface area contributed by atoms with Crippen LogP contribution in [0.25, 0.3) is 0 Å². The van der Waals surface area contributed by atoms with E-state index in [-0.39, 0.29) is 30.7 Å². The zero-order chi connectivity index (χ0) is 30.7. The third kappa shape index (κ3) is 6.45. The van der Waals surface area contributed by atoms with Gasteiger partial charge in [-0.1, -0.05) is 53.0 Å². The van der Waals surface area contributed by atoms with Gasteiger partial charge in [-0.15, -0.1) is 0 Å². The molecule has 2 heterocycles. The summed E-state index contributed by atoms with van der Waals surface area (Å²) in [6.45, 7) is 2.12. The van der Waals surface area contributed by atoms with Crippen molar-refractivity contribution in [3.8, 4) is 11.5 Å². The van der Waals surface area contributed by atoms with Crippen molar-refractivity contribution in [1.82, 2.24) is 4.90 Å². The van der Waals surface area contributed by atoms with Gasteiger partial charge < -0.3 is 24.0 Å². The second kappa shape index (κ2) is 13.3. The van der Waals surface area contributed by atoms with Gasteiger partial charge in [0.25, 0.3) is 5.91 Å². The number of carbonyl (C=O) groups is 3. The minimum atomic E-state index is -0.714. The summed E-state index contributed by atoms with van der Waals surface area (Å²) < 4.78 is 16.6. The molecule has 8 nitrogen and oxygen atoms in total. The average molecular weight is 626 g/mol. The van der Waals surface area contributed by atoms with Crippen LogP contribution in [0.5, 0.6) is 11.5 Å². The van der Waals surface area contributed by atoms with Crippen molar-refractivity contribution in [2.45, 2.75) is 44.7 Å². The Bertz CT molecular complexity index is 1510. The lowest BCUT2D eigenvalue weighted by Gasteiger charge is -2.40. The van der Waals surface area contributed by atoms with Gasteiger partial charge in [-0.05, 0) is 73.7 Å². The van der Waals surface area contributed by atoms with Crippen LogP contribution in [0.1, 0.15) is 54.5 Å². The minimum Gasteiger partial charge on any atom is -0.493 e. The molecule has 10 heteroatoms. The van der Waals surface area contributed by atoms with Crippen molar-refractivity contribution in [2.75, 3.05) is 32.3 Å². The Morgan fingerprint density at radius 3 is 2.30 bits per heavy atom. The van der Waals surface area contributed by atoms with Crippen LogP contribution in [0.3, 0.4) is 0 Å². The molecule has 2 aliphatic heterocycles. The van der Waals surface area contributed by atoms with Crippen molar-refractivity contribution in [3.05, 3.63) is 87.4 Å². The zero-order valence-electron chi connectivity index (χ0n) is 24.3. The van der Waals surface area contributed by atoms with Crippen LogP contribution in [0, 0.1) is 12.8 Å². The Morgan fingerprint density at radius 1 is 0.884 bits per heavy atom. The first kappa shape index (κ1) is 30.7. The SMILES string of the molecule is COc1ccc(C2C(C(=O)OCC(=O)N3CCCC3c3ccc(Cl)c(Cl)c3)CCC(=O)N2c2ccc(C)cc2)cc1OC. The van der Waals surface area contributed by atoms with Gasteiger partial charge in [-0.3, -0.25) is 14.4 Å². The lowest BCUT2D eigenvalue weighted by Crippen LogP contribution is -2.46. The molecule has 3 unspecified atom stereocenters. The van der Waals surface area contributed by atoms with Crippen LogP contribution in [0.15, 0.2) is 60.7 Å². The van der Waals surface area contributed by atoms with Gasteiger partial charge in [0.15, 0.2) is 18.1 Å². The summed E-state index contributed by atoms with van der Waals surface area (Å²) in [5, 5.41) is 0.876. The molecule has 5 rings (SSSR count). The normalized spacial score (nSPS) is 20.2. The van der Waals surface area contributed by atoms with Crippen molar-refractivity contribution >= 4 is 46.7 Å². The number of ether oxygens (including phenoxy) is 3. The van der Waals surface area contributed by atoms with Gasteiger partial charge in [0.1, 0.15) is 0 Å². The first-order valence-corrected chi connectivity index (χ1v) is 15.0. The summed E-state index contributed by atoms with van der Waals surface area (Å²) in [6.07, 6.45) is 2.04. The molecule has 3 aromatic carbocycles. The molecular formula is C33H34Cl2N2O6. The standard InChI is InChI=1S/C33H34Cl2N2O6/c1-20-6-10-23(11-7-20)37-30(38)15-12-24(32(37)22-9-14-28(41-2)29(18-22)42-3)33(40)43-19-31(39)36-16-4-5-27(36)21-8-13-25(34)26(35)17-21/h6-11,13-14,17-18,24,27,32H,4-5,12,15-16,19H2,1-3H3. The third-order valence-corrected chi connectivity index (χ3v) is 8.94. The van der Waals surface area contributed by atoms with Crippen molar-refractivity contribution < 1.29 is 28.6 Å². The number of carbonyl (C=O) groups excluding carboxylic acids is 3. The number of halogens is 2. The molecule has 2 saturated heterocycles. The number of hydrogen-bond donors (Lipinski definition) is 0. The largest absolute Gasteiger partial charge is 0.493 e. The topological polar surface area (TPSA) is 85.4 Å². The summed E-state index contributed by atoms with van der Waals surface area (Å²) in [7, 11) is 3.08. The molecule has 43 heavy (non-hydrogen) atoms. The quantitative estimate of drug-likeness (QED) is 0.259. The molecule has 2 amide bonds. The minimum absolute atomic E-state index is 0.106. The highest BCUT2D eigenvalue weighted by Gasteiger charge is 2.43. The van der Waals surface area contributed by atoms with Crippen molar-refractivity contribution in [3.63, 3.8) is 0 Å². The predicted octanol–water partition coefficient (Wildman–Crippen LogP) is 6.71. The van der Waals surface area contributed by atoms with Gasteiger partial charge in [0.05, 0.1) is 42.3 Å². The van der Waals surface area contributed by atoms with Gasteiger partial charge in [0, 0.05) is 18.7 Å². The Balaban J connectivity index is 1.39. The number of hydrogen-bond acceptors (Lipinski definition) is 6. The first-order valence-electron chi connectivity index (χ1n) is 14.2. The average Bonchev–Trinajstić information content (AvgIpc) is 3.51. The maximum absolute atomic E-state index is 13.7. The predicted molar refractivity (Wildman–Crippen MR) is 165 cm³/mol. The van der Waals surface area contributed by atoms with E-state index in [0.717, 1.165) is 24.0 Å². The summed E-state index contributed by atoms with van der Waals surface area (Å²) in [5.41, 5.74) is 3.30. The smallest absolute Gasteiger partial charge is 0.311 e. The second-order valence-electron chi connectivity index (χ2n) is 10.8. The molecule has 3 aromatic rings. The molecule has 0 bridgehead atoms. The Morgan fingerprint density at radius 2 is 1.60 bits per heavy atom. The Kier molecular flexibility index (Phi) is 9.47. The molecule has 0 aromatic heterocycles. The van der Waals surface area contributed by atoms with Crippen LogP contribution in [0.2, 0.25) is 10.0 Å². The fourth-order valence-electron chi connectivity index (χ4n) is 6.02. The Hall–Kier alpha value is -3.75. The van der Waals surface area contributed by atoms with Crippen LogP contribution < -0.4 is 14.4 Å². The fraction of sp³-hybridized carbons (Fsp3) is 0.364. The van der Waals surface area contributed by atoms with Crippen LogP contribution in [-0.4, -0.2) is 50.1 Å². The number of aryl methyl sites for hydroxylation is 1. The van der Waals surface area contributed by atoms with Crippen LogP contribution >= 0.6 is 23.2 Å². The first-order chi connectivity index (χ1) is 20.7. The maximum atomic E-state index is 13.7. The van der Waals surface area contributed by atoms with Gasteiger partial charge in [-0.25, -0.2) is 0 Å². The molecule has 0 radical (unpaired) electrons. The summed E-state index contributed by atoms with van der Waals surface area (Å²) in [6, 6.07) is 17.5. The van der Waals surface area contributed by atoms with Crippen molar-refractivity contribution in [2.24, 2.45) is 5.92 Å². The number of rotatable bonds is 8. The number of anilines is 1. The van der Waals surface area contributed by atoms with Crippen LogP contribution in [0.4, 0.5) is 5.69 Å². The van der Waals surface area contributed by atoms with Gasteiger partial charge in [0.2, 0.25) is 5.91 Å². The van der Waals surface area contributed by atoms with E-state index in [1.807, 2.05) is 43.3 Å². The van der Waals surface area contributed by atoms with E-state index in [0.29, 0.717) is 39.3 Å². The monoisotopic (exact) mass is 624 g/mol. The van der Waals surface area contributed by atoms with Gasteiger partial charge >= 0.3 is 5.97 Å². The van der Waals surface area contributed by atoms with E-state index in [4.69, 9.17) is 37.4 Å². The summed E-state index contributed by atoms with van der Waals surface area (Å²) in [5.74, 6) is -0.636. The second-order valence-corrected chi connectivity index (χ2v) is 11.6. The van der Waals surface area contributed by atoms with E-state index in [1.54, 1.807) is 41.2 Å². The fourth-order valence-corrected chi connectivity index (χ4v) is 6.33. The molecule has 3 atom stereocenters. The number of nitrogens with zero attached hydrogens (tertiary/aromatic N) is 2. The zero-order valence-corrected chi connectivity index (χ0v) is 25.9. The van der Waals surface area contributed by atoms with Crippen LogP contribution in [-0.2, 0) is 19.1 Å². The molecule has 0 aliphatic carbocycles.